The van der Waals surface area contributed by atoms with Crippen LogP contribution in [0.2, 0.25) is 0 Å². The second kappa shape index (κ2) is 5.28. The molecule has 0 aliphatic rings. The Morgan fingerprint density at radius 1 is 1.35 bits per heavy atom. The predicted octanol–water partition coefficient (Wildman–Crippen LogP) is -0.166. The minimum atomic E-state index is -0.718. The number of carbonyl (C=O) groups is 2. The average Bonchev–Trinajstić information content (AvgIpc) is 2.64. The molecular formula is C9H15N5O3. The number of amides is 2. The van der Waals surface area contributed by atoms with Crippen LogP contribution >= 0.6 is 0 Å². The molecule has 1 aromatic heterocycles. The van der Waals surface area contributed by atoms with Crippen LogP contribution in [-0.4, -0.2) is 32.6 Å². The number of hydrogen-bond donors (Lipinski definition) is 2. The van der Waals surface area contributed by atoms with Gasteiger partial charge in [-0.15, -0.1) is 5.10 Å². The number of carbonyl (C=O) groups excluding carboxylic acids is 2. The summed E-state index contributed by atoms with van der Waals surface area (Å²) in [7, 11) is 0. The monoisotopic (exact) mass is 241 g/mol. The van der Waals surface area contributed by atoms with E-state index in [2.05, 4.69) is 21.2 Å². The quantitative estimate of drug-likeness (QED) is 0.701. The van der Waals surface area contributed by atoms with Crippen LogP contribution < -0.4 is 10.9 Å². The summed E-state index contributed by atoms with van der Waals surface area (Å²) in [6.45, 7) is 5.15. The molecule has 0 saturated heterocycles. The molecule has 0 bridgehead atoms. The standard InChI is InChI=1S/C9H15N5O3/c1-9(2,3)17-8(16)12-11-7(15)6-14-5-4-10-13-14/h4-5H,6H2,1-3H3,(H,11,15)(H,12,16). The third-order valence-corrected chi connectivity index (χ3v) is 1.48. The zero-order valence-corrected chi connectivity index (χ0v) is 9.93. The fraction of sp³-hybridized carbons (Fsp3) is 0.556. The van der Waals surface area contributed by atoms with E-state index in [-0.39, 0.29) is 6.54 Å². The molecular weight excluding hydrogens is 226 g/mol. The van der Waals surface area contributed by atoms with Crippen molar-refractivity contribution in [3.63, 3.8) is 0 Å². The Labute approximate surface area is 98.3 Å². The normalized spacial score (nSPS) is 10.8. The van der Waals surface area contributed by atoms with E-state index in [0.717, 1.165) is 0 Å². The minimum Gasteiger partial charge on any atom is -0.443 e. The number of rotatable bonds is 2. The van der Waals surface area contributed by atoms with E-state index in [4.69, 9.17) is 4.74 Å². The van der Waals surface area contributed by atoms with Crippen molar-refractivity contribution in [3.8, 4) is 0 Å². The molecule has 8 heteroatoms. The highest BCUT2D eigenvalue weighted by molar-refractivity contribution is 5.78. The van der Waals surface area contributed by atoms with Crippen LogP contribution in [0.4, 0.5) is 4.79 Å². The Morgan fingerprint density at radius 2 is 2.06 bits per heavy atom. The smallest absolute Gasteiger partial charge is 0.426 e. The first kappa shape index (κ1) is 12.9. The number of aromatic nitrogens is 3. The summed E-state index contributed by atoms with van der Waals surface area (Å²) in [5.74, 6) is -0.429. The summed E-state index contributed by atoms with van der Waals surface area (Å²) >= 11 is 0. The van der Waals surface area contributed by atoms with E-state index in [9.17, 15) is 9.59 Å². The molecule has 1 rings (SSSR count). The molecule has 2 amide bonds. The molecule has 1 aromatic rings. The molecule has 2 N–H and O–H groups in total. The molecule has 1 heterocycles. The van der Waals surface area contributed by atoms with Crippen molar-refractivity contribution in [2.45, 2.75) is 32.9 Å². The first-order valence-corrected chi connectivity index (χ1v) is 4.99. The Morgan fingerprint density at radius 3 is 2.59 bits per heavy atom. The van der Waals surface area contributed by atoms with E-state index < -0.39 is 17.6 Å². The predicted molar refractivity (Wildman–Crippen MR) is 57.5 cm³/mol. The molecule has 17 heavy (non-hydrogen) atoms. The van der Waals surface area contributed by atoms with Gasteiger partial charge >= 0.3 is 6.09 Å². The second-order valence-electron chi connectivity index (χ2n) is 4.28. The summed E-state index contributed by atoms with van der Waals surface area (Å²) in [6, 6.07) is 0. The van der Waals surface area contributed by atoms with Crippen LogP contribution in [0.3, 0.4) is 0 Å². The SMILES string of the molecule is CC(C)(C)OC(=O)NNC(=O)Cn1ccnn1. The molecule has 8 nitrogen and oxygen atoms in total. The fourth-order valence-corrected chi connectivity index (χ4v) is 0.928. The van der Waals surface area contributed by atoms with Gasteiger partial charge in [0.2, 0.25) is 0 Å². The third-order valence-electron chi connectivity index (χ3n) is 1.48. The molecule has 0 radical (unpaired) electrons. The summed E-state index contributed by atoms with van der Waals surface area (Å²) in [5, 5.41) is 7.14. The van der Waals surface area contributed by atoms with Crippen molar-refractivity contribution in [1.82, 2.24) is 25.8 Å². The highest BCUT2D eigenvalue weighted by Crippen LogP contribution is 2.05. The van der Waals surface area contributed by atoms with Crippen LogP contribution in [0.1, 0.15) is 20.8 Å². The zero-order valence-electron chi connectivity index (χ0n) is 9.93. The number of nitrogens with one attached hydrogen (secondary N) is 2. The first-order chi connectivity index (χ1) is 7.87. The van der Waals surface area contributed by atoms with Gasteiger partial charge in [-0.3, -0.25) is 10.2 Å². The van der Waals surface area contributed by atoms with Crippen molar-refractivity contribution >= 4 is 12.0 Å². The van der Waals surface area contributed by atoms with Gasteiger partial charge in [0.1, 0.15) is 12.1 Å². The van der Waals surface area contributed by atoms with Crippen molar-refractivity contribution in [2.75, 3.05) is 0 Å². The van der Waals surface area contributed by atoms with E-state index in [0.29, 0.717) is 0 Å². The van der Waals surface area contributed by atoms with Gasteiger partial charge in [0.05, 0.1) is 6.20 Å². The molecule has 0 aliphatic heterocycles. The highest BCUT2D eigenvalue weighted by atomic mass is 16.6. The lowest BCUT2D eigenvalue weighted by Crippen LogP contribution is -2.45. The molecule has 0 spiro atoms. The van der Waals surface area contributed by atoms with Gasteiger partial charge in [0.15, 0.2) is 0 Å². The molecule has 0 aliphatic carbocycles. The van der Waals surface area contributed by atoms with Gasteiger partial charge in [-0.25, -0.2) is 14.9 Å². The van der Waals surface area contributed by atoms with E-state index >= 15 is 0 Å². The number of hydrazine groups is 1. The van der Waals surface area contributed by atoms with Gasteiger partial charge in [0.25, 0.3) is 5.91 Å². The van der Waals surface area contributed by atoms with E-state index in [1.165, 1.54) is 17.1 Å². The highest BCUT2D eigenvalue weighted by Gasteiger charge is 2.16. The number of ether oxygens (including phenoxy) is 1. The maximum atomic E-state index is 11.3. The summed E-state index contributed by atoms with van der Waals surface area (Å²) < 4.78 is 6.25. The third kappa shape index (κ3) is 5.50. The minimum absolute atomic E-state index is 0.0319. The van der Waals surface area contributed by atoms with Crippen LogP contribution in [0.5, 0.6) is 0 Å². The van der Waals surface area contributed by atoms with Crippen LogP contribution in [0.25, 0.3) is 0 Å². The van der Waals surface area contributed by atoms with Gasteiger partial charge in [-0.05, 0) is 20.8 Å². The summed E-state index contributed by atoms with van der Waals surface area (Å²) in [4.78, 5) is 22.5. The van der Waals surface area contributed by atoms with Crippen molar-refractivity contribution in [3.05, 3.63) is 12.4 Å². The summed E-state index contributed by atoms with van der Waals surface area (Å²) in [6.07, 6.45) is 2.27. The Kier molecular flexibility index (Phi) is 4.02. The Bertz CT molecular complexity index is 382. The number of hydrogen-bond acceptors (Lipinski definition) is 5. The topological polar surface area (TPSA) is 98.1 Å². The van der Waals surface area contributed by atoms with Gasteiger partial charge in [-0.1, -0.05) is 5.21 Å². The molecule has 0 atom stereocenters. The first-order valence-electron chi connectivity index (χ1n) is 4.99. The fourth-order valence-electron chi connectivity index (χ4n) is 0.928. The lowest BCUT2D eigenvalue weighted by Gasteiger charge is -2.19. The van der Waals surface area contributed by atoms with Crippen LogP contribution in [0, 0.1) is 0 Å². The number of nitrogens with zero attached hydrogens (tertiary/aromatic N) is 3. The molecule has 0 unspecified atom stereocenters. The molecule has 0 aromatic carbocycles. The van der Waals surface area contributed by atoms with Crippen LogP contribution in [-0.2, 0) is 16.1 Å². The Balaban J connectivity index is 2.26. The zero-order chi connectivity index (χ0) is 12.9. The maximum Gasteiger partial charge on any atom is 0.426 e. The largest absolute Gasteiger partial charge is 0.443 e. The summed E-state index contributed by atoms with van der Waals surface area (Å²) in [5.41, 5.74) is 3.71. The molecule has 94 valence electrons. The Hall–Kier alpha value is -2.12. The lowest BCUT2D eigenvalue weighted by atomic mass is 10.2. The van der Waals surface area contributed by atoms with E-state index in [1.54, 1.807) is 20.8 Å². The van der Waals surface area contributed by atoms with Crippen molar-refractivity contribution < 1.29 is 14.3 Å². The average molecular weight is 241 g/mol. The van der Waals surface area contributed by atoms with Crippen molar-refractivity contribution in [1.29, 1.82) is 0 Å². The van der Waals surface area contributed by atoms with Gasteiger partial charge < -0.3 is 4.74 Å². The second-order valence-corrected chi connectivity index (χ2v) is 4.28. The maximum absolute atomic E-state index is 11.3. The van der Waals surface area contributed by atoms with E-state index in [1.807, 2.05) is 0 Å². The van der Waals surface area contributed by atoms with Gasteiger partial charge in [-0.2, -0.15) is 0 Å². The van der Waals surface area contributed by atoms with Crippen LogP contribution in [0.15, 0.2) is 12.4 Å². The lowest BCUT2D eigenvalue weighted by molar-refractivity contribution is -0.122. The van der Waals surface area contributed by atoms with Crippen molar-refractivity contribution in [2.24, 2.45) is 0 Å². The molecule has 0 saturated carbocycles. The van der Waals surface area contributed by atoms with Gasteiger partial charge in [0, 0.05) is 6.20 Å². The molecule has 0 fully saturated rings.